The summed E-state index contributed by atoms with van der Waals surface area (Å²) in [6.07, 6.45) is 0.599. The number of rotatable bonds is 4. The Kier molecular flexibility index (Phi) is 4.64. The van der Waals surface area contributed by atoms with Gasteiger partial charge in [0.05, 0.1) is 17.1 Å². The number of nitrogens with two attached hydrogens (primary N) is 1. The van der Waals surface area contributed by atoms with E-state index in [4.69, 9.17) is 18.0 Å². The normalized spacial score (nSPS) is 18.7. The zero-order chi connectivity index (χ0) is 15.4. The van der Waals surface area contributed by atoms with Crippen LogP contribution in [0.2, 0.25) is 0 Å². The quantitative estimate of drug-likeness (QED) is 0.503. The molecule has 21 heavy (non-hydrogen) atoms. The van der Waals surface area contributed by atoms with Crippen LogP contribution in [0.1, 0.15) is 20.3 Å². The Hall–Kier alpha value is -2.28. The lowest BCUT2D eigenvalue weighted by molar-refractivity contribution is -0.118. The fourth-order valence-electron chi connectivity index (χ4n) is 2.18. The molecule has 0 fully saturated rings. The molecule has 1 aliphatic heterocycles. The van der Waals surface area contributed by atoms with Gasteiger partial charge < -0.3 is 5.73 Å². The molecule has 0 saturated carbocycles. The predicted molar refractivity (Wildman–Crippen MR) is 88.2 cm³/mol. The maximum absolute atomic E-state index is 12.6. The first kappa shape index (κ1) is 15.1. The summed E-state index contributed by atoms with van der Waals surface area (Å²) in [7, 11) is 0. The van der Waals surface area contributed by atoms with Gasteiger partial charge in [-0.2, -0.15) is 15.2 Å². The van der Waals surface area contributed by atoms with Crippen molar-refractivity contribution < 1.29 is 4.79 Å². The minimum Gasteiger partial charge on any atom is -0.375 e. The molecule has 1 atom stereocenters. The zero-order valence-corrected chi connectivity index (χ0v) is 12.7. The van der Waals surface area contributed by atoms with Crippen molar-refractivity contribution in [2.45, 2.75) is 20.3 Å². The molecule has 1 aliphatic rings. The second kappa shape index (κ2) is 6.45. The third-order valence-corrected chi connectivity index (χ3v) is 3.23. The summed E-state index contributed by atoms with van der Waals surface area (Å²) < 4.78 is 0. The summed E-state index contributed by atoms with van der Waals surface area (Å²) in [4.78, 5) is 12.6. The van der Waals surface area contributed by atoms with Crippen molar-refractivity contribution in [2.75, 3.05) is 5.01 Å². The highest BCUT2D eigenvalue weighted by Gasteiger charge is 2.37. The summed E-state index contributed by atoms with van der Waals surface area (Å²) in [5.74, 6) is -0.596. The van der Waals surface area contributed by atoms with Gasteiger partial charge in [-0.25, -0.2) is 0 Å². The zero-order valence-electron chi connectivity index (χ0n) is 11.9. The second-order valence-corrected chi connectivity index (χ2v) is 5.03. The van der Waals surface area contributed by atoms with Crippen molar-refractivity contribution >= 4 is 40.3 Å². The molecule has 0 bridgehead atoms. The Morgan fingerprint density at radius 3 is 2.71 bits per heavy atom. The van der Waals surface area contributed by atoms with Crippen molar-refractivity contribution in [3.05, 3.63) is 30.3 Å². The summed E-state index contributed by atoms with van der Waals surface area (Å²) in [5, 5.41) is 9.95. The van der Waals surface area contributed by atoms with Gasteiger partial charge in [0.15, 0.2) is 5.11 Å². The third kappa shape index (κ3) is 3.25. The molecular weight excluding hydrogens is 286 g/mol. The van der Waals surface area contributed by atoms with Crippen LogP contribution >= 0.6 is 12.2 Å². The van der Waals surface area contributed by atoms with Crippen LogP contribution in [0, 0.1) is 5.92 Å². The fraction of sp³-hybridized carbons (Fsp3) is 0.286. The molecular formula is C14H17N5OS. The average molecular weight is 303 g/mol. The molecule has 6 nitrogen and oxygen atoms in total. The Balaban J connectivity index is 2.27. The van der Waals surface area contributed by atoms with Gasteiger partial charge >= 0.3 is 0 Å². The number of thiocarbonyl (C=S) groups is 1. The molecule has 0 aliphatic carbocycles. The number of para-hydroxylation sites is 1. The van der Waals surface area contributed by atoms with Crippen LogP contribution in [0.5, 0.6) is 0 Å². The van der Waals surface area contributed by atoms with E-state index < -0.39 is 5.92 Å². The van der Waals surface area contributed by atoms with Crippen molar-refractivity contribution in [1.82, 2.24) is 5.43 Å². The number of hydrazone groups is 2. The maximum Gasteiger partial charge on any atom is 0.262 e. The summed E-state index contributed by atoms with van der Waals surface area (Å²) in [6, 6.07) is 9.30. The first-order chi connectivity index (χ1) is 10.0. The van der Waals surface area contributed by atoms with Gasteiger partial charge in [-0.05, 0) is 37.7 Å². The molecule has 1 unspecified atom stereocenters. The van der Waals surface area contributed by atoms with Crippen molar-refractivity contribution in [3.8, 4) is 0 Å². The summed E-state index contributed by atoms with van der Waals surface area (Å²) >= 11 is 4.73. The van der Waals surface area contributed by atoms with Crippen LogP contribution in [0.15, 0.2) is 40.5 Å². The highest BCUT2D eigenvalue weighted by atomic mass is 32.1. The van der Waals surface area contributed by atoms with Gasteiger partial charge in [0.2, 0.25) is 0 Å². The van der Waals surface area contributed by atoms with E-state index in [1.807, 2.05) is 44.2 Å². The van der Waals surface area contributed by atoms with E-state index in [-0.39, 0.29) is 11.0 Å². The van der Waals surface area contributed by atoms with E-state index >= 15 is 0 Å². The largest absolute Gasteiger partial charge is 0.375 e. The van der Waals surface area contributed by atoms with E-state index in [0.717, 1.165) is 5.69 Å². The Bertz CT molecular complexity index is 611. The van der Waals surface area contributed by atoms with Gasteiger partial charge in [0.25, 0.3) is 5.91 Å². The highest BCUT2D eigenvalue weighted by molar-refractivity contribution is 7.80. The SMILES string of the molecule is CC/C(=N\NC(N)=S)C1C(=O)N(c2ccccc2)N=C1C. The van der Waals surface area contributed by atoms with Crippen LogP contribution in [-0.4, -0.2) is 22.4 Å². The van der Waals surface area contributed by atoms with Crippen molar-refractivity contribution in [1.29, 1.82) is 0 Å². The lowest BCUT2D eigenvalue weighted by Crippen LogP contribution is -2.35. The third-order valence-electron chi connectivity index (χ3n) is 3.14. The van der Waals surface area contributed by atoms with E-state index in [1.165, 1.54) is 5.01 Å². The number of carbonyl (C=O) groups is 1. The Labute approximate surface area is 128 Å². The molecule has 1 aromatic carbocycles. The van der Waals surface area contributed by atoms with Crippen LogP contribution in [0.25, 0.3) is 0 Å². The van der Waals surface area contributed by atoms with Crippen LogP contribution < -0.4 is 16.2 Å². The van der Waals surface area contributed by atoms with Gasteiger partial charge in [0, 0.05) is 0 Å². The standard InChI is InChI=1S/C14H17N5OS/c1-3-11(16-17-14(15)21)12-9(2)18-19(13(12)20)10-7-5-4-6-8-10/h4-8,12H,3H2,1-2H3,(H3,15,17,21)/b16-11+. The number of hydrogen-bond acceptors (Lipinski definition) is 4. The molecule has 110 valence electrons. The molecule has 1 aromatic rings. The van der Waals surface area contributed by atoms with Gasteiger partial charge in [0.1, 0.15) is 5.92 Å². The Morgan fingerprint density at radius 1 is 1.48 bits per heavy atom. The number of amides is 1. The van der Waals surface area contributed by atoms with Gasteiger partial charge in [-0.15, -0.1) is 0 Å². The number of hydrogen-bond donors (Lipinski definition) is 2. The van der Waals surface area contributed by atoms with Gasteiger partial charge in [-0.1, -0.05) is 25.1 Å². The average Bonchev–Trinajstić information content (AvgIpc) is 2.77. The van der Waals surface area contributed by atoms with E-state index in [1.54, 1.807) is 0 Å². The van der Waals surface area contributed by atoms with E-state index in [0.29, 0.717) is 17.8 Å². The summed E-state index contributed by atoms with van der Waals surface area (Å²) in [5.41, 5.74) is 10.0. The topological polar surface area (TPSA) is 83.1 Å². The molecule has 1 heterocycles. The smallest absolute Gasteiger partial charge is 0.262 e. The molecule has 1 amide bonds. The minimum atomic E-state index is -0.475. The number of carbonyl (C=O) groups excluding carboxylic acids is 1. The molecule has 2 rings (SSSR count). The van der Waals surface area contributed by atoms with Gasteiger partial charge in [-0.3, -0.25) is 10.2 Å². The number of anilines is 1. The molecule has 3 N–H and O–H groups in total. The van der Waals surface area contributed by atoms with Crippen LogP contribution in [-0.2, 0) is 4.79 Å². The first-order valence-electron chi connectivity index (χ1n) is 6.60. The number of nitrogens with zero attached hydrogens (tertiary/aromatic N) is 3. The molecule has 0 saturated heterocycles. The first-order valence-corrected chi connectivity index (χ1v) is 7.01. The molecule has 0 aromatic heterocycles. The second-order valence-electron chi connectivity index (χ2n) is 4.59. The lowest BCUT2D eigenvalue weighted by Gasteiger charge is -2.15. The fourth-order valence-corrected chi connectivity index (χ4v) is 2.22. The predicted octanol–water partition coefficient (Wildman–Crippen LogP) is 1.62. The van der Waals surface area contributed by atoms with Crippen molar-refractivity contribution in [2.24, 2.45) is 21.9 Å². The van der Waals surface area contributed by atoms with Crippen molar-refractivity contribution in [3.63, 3.8) is 0 Å². The maximum atomic E-state index is 12.6. The summed E-state index contributed by atoms with van der Waals surface area (Å²) in [6.45, 7) is 3.74. The lowest BCUT2D eigenvalue weighted by atomic mass is 9.96. The monoisotopic (exact) mass is 303 g/mol. The number of benzene rings is 1. The minimum absolute atomic E-state index is 0.0703. The molecule has 7 heteroatoms. The Morgan fingerprint density at radius 2 is 2.14 bits per heavy atom. The van der Waals surface area contributed by atoms with Crippen LogP contribution in [0.4, 0.5) is 5.69 Å². The number of nitrogens with one attached hydrogen (secondary N) is 1. The van der Waals surface area contributed by atoms with E-state index in [2.05, 4.69) is 15.6 Å². The molecule has 0 spiro atoms. The van der Waals surface area contributed by atoms with E-state index in [9.17, 15) is 4.79 Å². The molecule has 0 radical (unpaired) electrons. The van der Waals surface area contributed by atoms with Crippen LogP contribution in [0.3, 0.4) is 0 Å². The highest BCUT2D eigenvalue weighted by Crippen LogP contribution is 2.25.